The van der Waals surface area contributed by atoms with Crippen LogP contribution in [0.15, 0.2) is 82.9 Å². The van der Waals surface area contributed by atoms with E-state index in [1.165, 1.54) is 42.5 Å². The minimum Gasteiger partial charge on any atom is -0.423 e. The number of para-hydroxylation sites is 1. The van der Waals surface area contributed by atoms with E-state index in [0.29, 0.717) is 21.3 Å². The van der Waals surface area contributed by atoms with Crippen LogP contribution in [0.4, 0.5) is 16.2 Å². The second-order valence-electron chi connectivity index (χ2n) is 8.03. The summed E-state index contributed by atoms with van der Waals surface area (Å²) in [5.41, 5.74) is 1.34. The molecule has 0 bridgehead atoms. The van der Waals surface area contributed by atoms with Crippen LogP contribution >= 0.6 is 15.9 Å². The predicted octanol–water partition coefficient (Wildman–Crippen LogP) is 4.95. The Kier molecular flexibility index (Phi) is 7.58. The van der Waals surface area contributed by atoms with Gasteiger partial charge in [-0.15, -0.1) is 0 Å². The first kappa shape index (κ1) is 26.2. The first-order valence-electron chi connectivity index (χ1n) is 11.0. The molecule has 1 fully saturated rings. The molecule has 0 atom stereocenters. The van der Waals surface area contributed by atoms with E-state index >= 15 is 0 Å². The Morgan fingerprint density at radius 2 is 1.76 bits per heavy atom. The summed E-state index contributed by atoms with van der Waals surface area (Å²) in [4.78, 5) is 62.0. The van der Waals surface area contributed by atoms with Crippen LogP contribution in [0.5, 0.6) is 5.75 Å². The van der Waals surface area contributed by atoms with E-state index < -0.39 is 28.7 Å². The molecule has 3 aromatic rings. The molecule has 0 saturated carbocycles. The van der Waals surface area contributed by atoms with Crippen molar-refractivity contribution in [2.45, 2.75) is 6.92 Å². The summed E-state index contributed by atoms with van der Waals surface area (Å²) in [6.45, 7) is 1.73. The van der Waals surface area contributed by atoms with Crippen LogP contribution in [0, 0.1) is 17.0 Å². The lowest BCUT2D eigenvalue weighted by Gasteiger charge is -2.27. The van der Waals surface area contributed by atoms with Crippen molar-refractivity contribution < 1.29 is 28.8 Å². The molecule has 1 N–H and O–H groups in total. The van der Waals surface area contributed by atoms with Crippen LogP contribution in [0.3, 0.4) is 0 Å². The zero-order valence-corrected chi connectivity index (χ0v) is 21.3. The fraction of sp³-hybridized carbons (Fsp3) is 0.0370. The number of ether oxygens (including phenoxy) is 1. The SMILES string of the molecule is Cc1ccccc1N1C(=O)NC(=O)/C(=C/c2cc(Br)ccc2OC(=O)/C=C/c2ccc([N+](=O)[O-])cc2)C1=O. The fourth-order valence-electron chi connectivity index (χ4n) is 3.58. The summed E-state index contributed by atoms with van der Waals surface area (Å²) in [7, 11) is 0. The number of amides is 4. The summed E-state index contributed by atoms with van der Waals surface area (Å²) in [6, 6.07) is 16.1. The molecule has 4 rings (SSSR count). The van der Waals surface area contributed by atoms with Crippen LogP contribution in [0.25, 0.3) is 12.2 Å². The number of nitro benzene ring substituents is 1. The maximum absolute atomic E-state index is 13.3. The summed E-state index contributed by atoms with van der Waals surface area (Å²) in [6.07, 6.45) is 3.80. The Labute approximate surface area is 224 Å². The molecule has 3 aromatic carbocycles. The van der Waals surface area contributed by atoms with Crippen molar-refractivity contribution in [1.29, 1.82) is 0 Å². The Morgan fingerprint density at radius 3 is 2.45 bits per heavy atom. The summed E-state index contributed by atoms with van der Waals surface area (Å²) >= 11 is 3.32. The second kappa shape index (κ2) is 11.0. The third-order valence-electron chi connectivity index (χ3n) is 5.46. The summed E-state index contributed by atoms with van der Waals surface area (Å²) < 4.78 is 6.01. The number of nitrogens with zero attached hydrogens (tertiary/aromatic N) is 2. The molecular weight excluding hydrogens is 558 g/mol. The number of carbonyl (C=O) groups excluding carboxylic acids is 4. The number of non-ortho nitro benzene ring substituents is 1. The number of nitro groups is 1. The molecule has 38 heavy (non-hydrogen) atoms. The van der Waals surface area contributed by atoms with Gasteiger partial charge in [-0.2, -0.15) is 0 Å². The quantitative estimate of drug-likeness (QED) is 0.110. The smallest absolute Gasteiger partial charge is 0.336 e. The van der Waals surface area contributed by atoms with Gasteiger partial charge in [0.1, 0.15) is 11.3 Å². The average molecular weight is 576 g/mol. The number of barbiturate groups is 1. The molecule has 190 valence electrons. The van der Waals surface area contributed by atoms with E-state index in [-0.39, 0.29) is 22.6 Å². The third kappa shape index (κ3) is 5.73. The largest absolute Gasteiger partial charge is 0.423 e. The van der Waals surface area contributed by atoms with Gasteiger partial charge in [0.25, 0.3) is 17.5 Å². The second-order valence-corrected chi connectivity index (χ2v) is 8.95. The maximum atomic E-state index is 13.3. The number of imide groups is 2. The molecule has 10 nitrogen and oxygen atoms in total. The van der Waals surface area contributed by atoms with Gasteiger partial charge < -0.3 is 4.74 Å². The molecule has 11 heteroatoms. The van der Waals surface area contributed by atoms with Crippen molar-refractivity contribution in [3.63, 3.8) is 0 Å². The summed E-state index contributed by atoms with van der Waals surface area (Å²) in [5.74, 6) is -2.43. The van der Waals surface area contributed by atoms with Gasteiger partial charge in [-0.05, 0) is 66.6 Å². The molecule has 1 aliphatic heterocycles. The number of anilines is 1. The van der Waals surface area contributed by atoms with Crippen molar-refractivity contribution in [1.82, 2.24) is 5.32 Å². The molecule has 1 saturated heterocycles. The van der Waals surface area contributed by atoms with Crippen molar-refractivity contribution in [3.8, 4) is 5.75 Å². The zero-order valence-electron chi connectivity index (χ0n) is 19.7. The van der Waals surface area contributed by atoms with Gasteiger partial charge in [-0.1, -0.05) is 34.1 Å². The molecule has 0 aliphatic carbocycles. The van der Waals surface area contributed by atoms with Gasteiger partial charge in [0.15, 0.2) is 0 Å². The van der Waals surface area contributed by atoms with Crippen molar-refractivity contribution >= 4 is 63.3 Å². The average Bonchev–Trinajstić information content (AvgIpc) is 2.88. The number of benzene rings is 3. The van der Waals surface area contributed by atoms with Crippen molar-refractivity contribution in [2.24, 2.45) is 0 Å². The number of carbonyl (C=O) groups is 4. The van der Waals surface area contributed by atoms with Crippen LogP contribution in [0.1, 0.15) is 16.7 Å². The number of halogens is 1. The zero-order chi connectivity index (χ0) is 27.4. The van der Waals surface area contributed by atoms with E-state index in [0.717, 1.165) is 11.0 Å². The number of aryl methyl sites for hydroxylation is 1. The van der Waals surface area contributed by atoms with Gasteiger partial charge in [0.2, 0.25) is 0 Å². The first-order valence-corrected chi connectivity index (χ1v) is 11.8. The Hall–Kier alpha value is -4.90. The van der Waals surface area contributed by atoms with E-state index in [2.05, 4.69) is 21.2 Å². The highest BCUT2D eigenvalue weighted by Crippen LogP contribution is 2.29. The molecule has 1 aliphatic rings. The lowest BCUT2D eigenvalue weighted by atomic mass is 10.1. The van der Waals surface area contributed by atoms with Crippen LogP contribution in [-0.4, -0.2) is 28.7 Å². The number of esters is 1. The predicted molar refractivity (Wildman–Crippen MR) is 142 cm³/mol. The molecule has 0 unspecified atom stereocenters. The topological polar surface area (TPSA) is 136 Å². The minimum absolute atomic E-state index is 0.0546. The highest BCUT2D eigenvalue weighted by molar-refractivity contribution is 9.10. The van der Waals surface area contributed by atoms with Gasteiger partial charge in [-0.25, -0.2) is 14.5 Å². The van der Waals surface area contributed by atoms with E-state index in [1.807, 2.05) is 0 Å². The van der Waals surface area contributed by atoms with Gasteiger partial charge >= 0.3 is 12.0 Å². The van der Waals surface area contributed by atoms with Crippen molar-refractivity contribution in [2.75, 3.05) is 4.90 Å². The van der Waals surface area contributed by atoms with E-state index in [4.69, 9.17) is 4.74 Å². The minimum atomic E-state index is -0.889. The van der Waals surface area contributed by atoms with E-state index in [9.17, 15) is 29.3 Å². The monoisotopic (exact) mass is 575 g/mol. The normalized spacial score (nSPS) is 14.6. The number of hydrogen-bond donors (Lipinski definition) is 1. The lowest BCUT2D eigenvalue weighted by Crippen LogP contribution is -2.54. The first-order chi connectivity index (χ1) is 18.1. The Balaban J connectivity index is 1.61. The molecular formula is C27H18BrN3O7. The molecule has 0 aromatic heterocycles. The van der Waals surface area contributed by atoms with E-state index in [1.54, 1.807) is 43.3 Å². The standard InChI is InChI=1S/C27H18BrN3O7/c1-16-4-2-3-5-22(16)30-26(34)21(25(33)29-27(30)35)15-18-14-19(28)9-12-23(18)38-24(32)13-8-17-6-10-20(11-7-17)31(36)37/h2-15H,1H3,(H,29,33,35)/b13-8+,21-15-. The summed E-state index contributed by atoms with van der Waals surface area (Å²) in [5, 5.41) is 12.9. The highest BCUT2D eigenvalue weighted by atomic mass is 79.9. The molecule has 1 heterocycles. The number of urea groups is 1. The van der Waals surface area contributed by atoms with Crippen LogP contribution in [-0.2, 0) is 14.4 Å². The molecule has 4 amide bonds. The molecule has 0 radical (unpaired) electrons. The molecule has 0 spiro atoms. The van der Waals surface area contributed by atoms with Crippen LogP contribution < -0.4 is 15.0 Å². The third-order valence-corrected chi connectivity index (χ3v) is 5.95. The Bertz CT molecular complexity index is 1540. The fourth-order valence-corrected chi connectivity index (χ4v) is 3.96. The van der Waals surface area contributed by atoms with Gasteiger partial charge in [-0.3, -0.25) is 25.0 Å². The van der Waals surface area contributed by atoms with Gasteiger partial charge in [0, 0.05) is 28.2 Å². The number of rotatable bonds is 6. The highest BCUT2D eigenvalue weighted by Gasteiger charge is 2.37. The van der Waals surface area contributed by atoms with Crippen LogP contribution in [0.2, 0.25) is 0 Å². The maximum Gasteiger partial charge on any atom is 0.336 e. The van der Waals surface area contributed by atoms with Crippen molar-refractivity contribution in [3.05, 3.63) is 110 Å². The number of nitrogens with one attached hydrogen (secondary N) is 1. The Morgan fingerprint density at radius 1 is 1.05 bits per heavy atom. The lowest BCUT2D eigenvalue weighted by molar-refractivity contribution is -0.384. The van der Waals surface area contributed by atoms with Gasteiger partial charge in [0.05, 0.1) is 10.6 Å². The number of hydrogen-bond acceptors (Lipinski definition) is 7.